The van der Waals surface area contributed by atoms with E-state index in [1.54, 1.807) is 0 Å². The van der Waals surface area contributed by atoms with Crippen LogP contribution in [0.4, 0.5) is 0 Å². The van der Waals surface area contributed by atoms with E-state index in [0.29, 0.717) is 12.1 Å². The van der Waals surface area contributed by atoms with Crippen molar-refractivity contribution in [3.8, 4) is 6.07 Å². The van der Waals surface area contributed by atoms with Gasteiger partial charge in [0, 0.05) is 18.1 Å². The van der Waals surface area contributed by atoms with E-state index in [0.717, 1.165) is 16.5 Å². The maximum absolute atomic E-state index is 10.7. The Balaban J connectivity index is 2.20. The Labute approximate surface area is 135 Å². The van der Waals surface area contributed by atoms with Crippen LogP contribution in [0.2, 0.25) is 0 Å². The van der Waals surface area contributed by atoms with Gasteiger partial charge in [0.05, 0.1) is 23.2 Å². The summed E-state index contributed by atoms with van der Waals surface area (Å²) in [5.74, 6) is 0. The van der Waals surface area contributed by atoms with E-state index in [9.17, 15) is 10.4 Å². The zero-order chi connectivity index (χ0) is 16.2. The van der Waals surface area contributed by atoms with Gasteiger partial charge < -0.3 is 15.0 Å². The predicted octanol–water partition coefficient (Wildman–Crippen LogP) is 2.68. The number of nitriles is 1. The molecule has 4 nitrogen and oxygen atoms in total. The van der Waals surface area contributed by atoms with Crippen molar-refractivity contribution >= 4 is 10.9 Å². The lowest BCUT2D eigenvalue weighted by atomic mass is 10.0. The molecular formula is C19H19N3O. The molecule has 2 aromatic carbocycles. The Morgan fingerprint density at radius 2 is 1.83 bits per heavy atom. The van der Waals surface area contributed by atoms with Gasteiger partial charge in [0.1, 0.15) is 6.07 Å². The topological polar surface area (TPSA) is 61.0 Å². The van der Waals surface area contributed by atoms with Crippen molar-refractivity contribution in [3.63, 3.8) is 0 Å². The summed E-state index contributed by atoms with van der Waals surface area (Å²) in [5, 5.41) is 24.0. The highest BCUT2D eigenvalue weighted by Gasteiger charge is 2.24. The van der Waals surface area contributed by atoms with E-state index >= 15 is 0 Å². The number of benzene rings is 2. The second kappa shape index (κ2) is 6.66. The summed E-state index contributed by atoms with van der Waals surface area (Å²) in [6.07, 6.45) is 1.23. The summed E-state index contributed by atoms with van der Waals surface area (Å²) in [4.78, 5) is 0. The van der Waals surface area contributed by atoms with Crippen molar-refractivity contribution in [2.24, 2.45) is 0 Å². The number of fused-ring (bicyclic) bond motifs is 1. The maximum Gasteiger partial charge on any atom is 0.101 e. The summed E-state index contributed by atoms with van der Waals surface area (Å²) < 4.78 is 2.01. The van der Waals surface area contributed by atoms with E-state index in [4.69, 9.17) is 0 Å². The molecule has 0 aliphatic heterocycles. The van der Waals surface area contributed by atoms with Crippen LogP contribution >= 0.6 is 0 Å². The lowest BCUT2D eigenvalue weighted by molar-refractivity contribution is 0.132. The molecule has 1 heterocycles. The molecule has 0 aliphatic rings. The van der Waals surface area contributed by atoms with Crippen LogP contribution in [-0.4, -0.2) is 29.4 Å². The maximum atomic E-state index is 10.7. The first-order valence-electron chi connectivity index (χ1n) is 7.63. The lowest BCUT2D eigenvalue weighted by Gasteiger charge is -2.26. The average molecular weight is 305 g/mol. The second-order valence-electron chi connectivity index (χ2n) is 5.56. The van der Waals surface area contributed by atoms with Crippen LogP contribution in [0, 0.1) is 11.3 Å². The highest BCUT2D eigenvalue weighted by molar-refractivity contribution is 5.86. The fourth-order valence-corrected chi connectivity index (χ4v) is 3.06. The Bertz CT molecular complexity index is 833. The molecule has 116 valence electrons. The molecule has 0 bridgehead atoms. The number of aliphatic hydroxyl groups excluding tert-OH is 1. The van der Waals surface area contributed by atoms with Crippen LogP contribution in [0.5, 0.6) is 0 Å². The van der Waals surface area contributed by atoms with Crippen molar-refractivity contribution < 1.29 is 5.11 Å². The Morgan fingerprint density at radius 1 is 1.13 bits per heavy atom. The molecule has 0 amide bonds. The number of para-hydroxylation sites is 1. The normalized spacial score (nSPS) is 13.6. The summed E-state index contributed by atoms with van der Waals surface area (Å²) in [7, 11) is 1.82. The number of hydrogen-bond acceptors (Lipinski definition) is 3. The fourth-order valence-electron chi connectivity index (χ4n) is 3.06. The highest BCUT2D eigenvalue weighted by atomic mass is 16.3. The molecule has 0 radical (unpaired) electrons. The van der Waals surface area contributed by atoms with Crippen LogP contribution in [0.1, 0.15) is 17.2 Å². The molecule has 3 rings (SSSR count). The molecule has 0 saturated heterocycles. The van der Waals surface area contributed by atoms with Crippen molar-refractivity contribution in [1.29, 1.82) is 5.26 Å². The molecule has 0 unspecified atom stereocenters. The van der Waals surface area contributed by atoms with Gasteiger partial charge in [0.25, 0.3) is 0 Å². The quantitative estimate of drug-likeness (QED) is 0.762. The summed E-state index contributed by atoms with van der Waals surface area (Å²) >= 11 is 0. The molecule has 0 saturated carbocycles. The third-order valence-corrected chi connectivity index (χ3v) is 4.08. The third-order valence-electron chi connectivity index (χ3n) is 4.08. The smallest absolute Gasteiger partial charge is 0.101 e. The van der Waals surface area contributed by atoms with Gasteiger partial charge in [-0.05, 0) is 18.7 Å². The summed E-state index contributed by atoms with van der Waals surface area (Å²) in [6, 6.07) is 19.7. The van der Waals surface area contributed by atoms with Crippen LogP contribution in [0.3, 0.4) is 0 Å². The first-order valence-corrected chi connectivity index (χ1v) is 7.63. The molecule has 4 heteroatoms. The van der Waals surface area contributed by atoms with Gasteiger partial charge in [-0.3, -0.25) is 0 Å². The van der Waals surface area contributed by atoms with Gasteiger partial charge in [-0.25, -0.2) is 0 Å². The highest BCUT2D eigenvalue weighted by Crippen LogP contribution is 2.30. The van der Waals surface area contributed by atoms with Crippen LogP contribution in [0.25, 0.3) is 10.9 Å². The molecule has 1 aromatic heterocycles. The van der Waals surface area contributed by atoms with Crippen LogP contribution in [-0.2, 0) is 0 Å². The standard InChI is InChI=1S/C19H19N3O/c1-21-12-18(23)19(14-7-3-2-4-8-14)22-13-15(11-20)16-9-5-6-10-17(16)22/h2-10,13,18-19,21,23H,12H2,1H3/t18-,19+/m1/s1. The fraction of sp³-hybridized carbons (Fsp3) is 0.211. The number of nitrogens with one attached hydrogen (secondary N) is 1. The Hall–Kier alpha value is -2.61. The predicted molar refractivity (Wildman–Crippen MR) is 91.2 cm³/mol. The number of likely N-dealkylation sites (N-methyl/N-ethyl adjacent to an activating group) is 1. The zero-order valence-electron chi connectivity index (χ0n) is 13.0. The molecule has 0 spiro atoms. The van der Waals surface area contributed by atoms with Gasteiger partial charge in [0.2, 0.25) is 0 Å². The number of aromatic nitrogens is 1. The van der Waals surface area contributed by atoms with Crippen LogP contribution < -0.4 is 5.32 Å². The van der Waals surface area contributed by atoms with E-state index in [2.05, 4.69) is 11.4 Å². The minimum absolute atomic E-state index is 0.254. The molecule has 2 N–H and O–H groups in total. The van der Waals surface area contributed by atoms with Gasteiger partial charge in [0.15, 0.2) is 0 Å². The molecular weight excluding hydrogens is 286 g/mol. The van der Waals surface area contributed by atoms with Gasteiger partial charge in [-0.2, -0.15) is 5.26 Å². The first-order chi connectivity index (χ1) is 11.3. The number of hydrogen-bond donors (Lipinski definition) is 2. The van der Waals surface area contributed by atoms with Gasteiger partial charge in [-0.15, -0.1) is 0 Å². The molecule has 0 fully saturated rings. The van der Waals surface area contributed by atoms with Gasteiger partial charge in [-0.1, -0.05) is 48.5 Å². The lowest BCUT2D eigenvalue weighted by Crippen LogP contribution is -2.33. The molecule has 0 aliphatic carbocycles. The van der Waals surface area contributed by atoms with Crippen molar-refractivity contribution in [2.75, 3.05) is 13.6 Å². The number of rotatable bonds is 5. The SMILES string of the molecule is CNC[C@@H](O)[C@H](c1ccccc1)n1cc(C#N)c2ccccc21. The van der Waals surface area contributed by atoms with E-state index in [1.807, 2.05) is 72.4 Å². The Morgan fingerprint density at radius 3 is 2.52 bits per heavy atom. The molecule has 3 aromatic rings. The van der Waals surface area contributed by atoms with Crippen molar-refractivity contribution in [1.82, 2.24) is 9.88 Å². The Kier molecular flexibility index (Phi) is 4.42. The van der Waals surface area contributed by atoms with E-state index in [1.165, 1.54) is 0 Å². The number of aliphatic hydroxyl groups is 1. The second-order valence-corrected chi connectivity index (χ2v) is 5.56. The minimum atomic E-state index is -0.607. The van der Waals surface area contributed by atoms with E-state index in [-0.39, 0.29) is 6.04 Å². The monoisotopic (exact) mass is 305 g/mol. The summed E-state index contributed by atoms with van der Waals surface area (Å²) in [5.41, 5.74) is 2.59. The van der Waals surface area contributed by atoms with Gasteiger partial charge >= 0.3 is 0 Å². The molecule has 2 atom stereocenters. The van der Waals surface area contributed by atoms with Crippen molar-refractivity contribution in [2.45, 2.75) is 12.1 Å². The zero-order valence-corrected chi connectivity index (χ0v) is 13.0. The first kappa shape index (κ1) is 15.3. The third kappa shape index (κ3) is 2.85. The summed E-state index contributed by atoms with van der Waals surface area (Å²) in [6.45, 7) is 0.466. The van der Waals surface area contributed by atoms with E-state index < -0.39 is 6.10 Å². The average Bonchev–Trinajstić information content (AvgIpc) is 2.95. The number of nitrogens with zero attached hydrogens (tertiary/aromatic N) is 2. The van der Waals surface area contributed by atoms with Crippen molar-refractivity contribution in [3.05, 3.63) is 71.9 Å². The minimum Gasteiger partial charge on any atom is -0.389 e. The van der Waals surface area contributed by atoms with Crippen LogP contribution in [0.15, 0.2) is 60.8 Å². The molecule has 23 heavy (non-hydrogen) atoms. The largest absolute Gasteiger partial charge is 0.389 e.